The molecule has 0 aliphatic heterocycles. The van der Waals surface area contributed by atoms with Gasteiger partial charge < -0.3 is 5.32 Å². The second-order valence-corrected chi connectivity index (χ2v) is 4.10. The molecule has 0 aromatic rings. The molecule has 0 heterocycles. The van der Waals surface area contributed by atoms with Crippen LogP contribution in [0.3, 0.4) is 0 Å². The first-order valence-electron chi connectivity index (χ1n) is 6.02. The zero-order chi connectivity index (χ0) is 9.94. The van der Waals surface area contributed by atoms with Gasteiger partial charge in [-0.05, 0) is 25.4 Å². The summed E-state index contributed by atoms with van der Waals surface area (Å²) in [5.74, 6) is 0.948. The Hall–Kier alpha value is -0.0400. The highest BCUT2D eigenvalue weighted by Crippen LogP contribution is 2.13. The topological polar surface area (TPSA) is 12.0 Å². The number of hydrogen-bond acceptors (Lipinski definition) is 1. The van der Waals surface area contributed by atoms with Gasteiger partial charge in [0.15, 0.2) is 0 Å². The molecule has 1 atom stereocenters. The van der Waals surface area contributed by atoms with Gasteiger partial charge in [0.2, 0.25) is 0 Å². The SMILES string of the molecule is CCC[C@H](C)CCCCCNCC. The van der Waals surface area contributed by atoms with Gasteiger partial charge in [0.25, 0.3) is 0 Å². The van der Waals surface area contributed by atoms with Crippen LogP contribution in [0.5, 0.6) is 0 Å². The molecule has 0 bridgehead atoms. The second kappa shape index (κ2) is 10.0. The first kappa shape index (κ1) is 13.0. The molecule has 1 heteroatoms. The number of rotatable bonds is 9. The van der Waals surface area contributed by atoms with Crippen molar-refractivity contribution in [1.82, 2.24) is 5.32 Å². The first-order valence-corrected chi connectivity index (χ1v) is 6.02. The average Bonchev–Trinajstić information content (AvgIpc) is 2.11. The molecule has 0 unspecified atom stereocenters. The highest BCUT2D eigenvalue weighted by molar-refractivity contribution is 4.53. The minimum Gasteiger partial charge on any atom is -0.317 e. The summed E-state index contributed by atoms with van der Waals surface area (Å²) < 4.78 is 0. The Bertz CT molecular complexity index is 91.1. The minimum absolute atomic E-state index is 0.948. The Morgan fingerprint density at radius 3 is 2.38 bits per heavy atom. The summed E-state index contributed by atoms with van der Waals surface area (Å²) in [6.45, 7) is 9.16. The van der Waals surface area contributed by atoms with Crippen molar-refractivity contribution in [3.05, 3.63) is 0 Å². The molecule has 0 aromatic heterocycles. The average molecular weight is 185 g/mol. The summed E-state index contributed by atoms with van der Waals surface area (Å²) in [6, 6.07) is 0. The fourth-order valence-electron chi connectivity index (χ4n) is 1.73. The van der Waals surface area contributed by atoms with Crippen molar-refractivity contribution in [3.8, 4) is 0 Å². The van der Waals surface area contributed by atoms with Crippen molar-refractivity contribution in [3.63, 3.8) is 0 Å². The maximum atomic E-state index is 3.36. The van der Waals surface area contributed by atoms with Gasteiger partial charge in [0, 0.05) is 0 Å². The Balaban J connectivity index is 2.97. The lowest BCUT2D eigenvalue weighted by Gasteiger charge is -2.09. The van der Waals surface area contributed by atoms with Crippen molar-refractivity contribution in [1.29, 1.82) is 0 Å². The summed E-state index contributed by atoms with van der Waals surface area (Å²) in [6.07, 6.45) is 8.37. The Morgan fingerprint density at radius 2 is 1.77 bits per heavy atom. The fraction of sp³-hybridized carbons (Fsp3) is 1.00. The summed E-state index contributed by atoms with van der Waals surface area (Å²) in [5, 5.41) is 3.36. The summed E-state index contributed by atoms with van der Waals surface area (Å²) in [5.41, 5.74) is 0. The summed E-state index contributed by atoms with van der Waals surface area (Å²) in [4.78, 5) is 0. The highest BCUT2D eigenvalue weighted by Gasteiger charge is 1.99. The molecule has 1 N–H and O–H groups in total. The molecular weight excluding hydrogens is 158 g/mol. The minimum atomic E-state index is 0.948. The van der Waals surface area contributed by atoms with E-state index in [2.05, 4.69) is 26.1 Å². The van der Waals surface area contributed by atoms with Crippen LogP contribution in [0.15, 0.2) is 0 Å². The van der Waals surface area contributed by atoms with Crippen LogP contribution in [0.1, 0.15) is 59.3 Å². The van der Waals surface area contributed by atoms with Crippen LogP contribution in [0.2, 0.25) is 0 Å². The second-order valence-electron chi connectivity index (χ2n) is 4.10. The van der Waals surface area contributed by atoms with E-state index >= 15 is 0 Å². The predicted molar refractivity (Wildman–Crippen MR) is 61.1 cm³/mol. The quantitative estimate of drug-likeness (QED) is 0.541. The van der Waals surface area contributed by atoms with Crippen molar-refractivity contribution < 1.29 is 0 Å². The predicted octanol–water partition coefficient (Wildman–Crippen LogP) is 3.59. The van der Waals surface area contributed by atoms with E-state index in [1.165, 1.54) is 45.1 Å². The smallest absolute Gasteiger partial charge is 0.00490 e. The van der Waals surface area contributed by atoms with Gasteiger partial charge in [0.1, 0.15) is 0 Å². The molecule has 1 nitrogen and oxygen atoms in total. The normalized spacial score (nSPS) is 13.2. The number of nitrogens with one attached hydrogen (secondary N) is 1. The lowest BCUT2D eigenvalue weighted by atomic mass is 9.99. The molecule has 0 aliphatic rings. The van der Waals surface area contributed by atoms with Gasteiger partial charge in [-0.1, -0.05) is 52.9 Å². The zero-order valence-electron chi connectivity index (χ0n) is 9.73. The lowest BCUT2D eigenvalue weighted by Crippen LogP contribution is -2.13. The molecule has 0 aromatic carbocycles. The van der Waals surface area contributed by atoms with Crippen LogP contribution < -0.4 is 5.32 Å². The zero-order valence-corrected chi connectivity index (χ0v) is 9.73. The van der Waals surface area contributed by atoms with Crippen LogP contribution in [0.25, 0.3) is 0 Å². The van der Waals surface area contributed by atoms with E-state index in [1.807, 2.05) is 0 Å². The largest absolute Gasteiger partial charge is 0.317 e. The van der Waals surface area contributed by atoms with Crippen molar-refractivity contribution in [2.45, 2.75) is 59.3 Å². The third kappa shape index (κ3) is 9.88. The van der Waals surface area contributed by atoms with Gasteiger partial charge in [-0.15, -0.1) is 0 Å². The van der Waals surface area contributed by atoms with E-state index in [4.69, 9.17) is 0 Å². The van der Waals surface area contributed by atoms with E-state index in [0.717, 1.165) is 12.5 Å². The summed E-state index contributed by atoms with van der Waals surface area (Å²) >= 11 is 0. The van der Waals surface area contributed by atoms with E-state index in [-0.39, 0.29) is 0 Å². The monoisotopic (exact) mass is 185 g/mol. The van der Waals surface area contributed by atoms with Crippen LogP contribution >= 0.6 is 0 Å². The molecule has 80 valence electrons. The van der Waals surface area contributed by atoms with Crippen LogP contribution in [-0.4, -0.2) is 13.1 Å². The Kier molecular flexibility index (Phi) is 10.0. The van der Waals surface area contributed by atoms with Crippen molar-refractivity contribution >= 4 is 0 Å². The molecule has 0 amide bonds. The standard InChI is InChI=1S/C12H27N/c1-4-9-12(3)10-7-6-8-11-13-5-2/h12-13H,4-11H2,1-3H3/t12-/m0/s1. The van der Waals surface area contributed by atoms with Crippen LogP contribution in [0.4, 0.5) is 0 Å². The van der Waals surface area contributed by atoms with Crippen LogP contribution in [0, 0.1) is 5.92 Å². The molecule has 0 spiro atoms. The van der Waals surface area contributed by atoms with Gasteiger partial charge in [-0.3, -0.25) is 0 Å². The van der Waals surface area contributed by atoms with Gasteiger partial charge >= 0.3 is 0 Å². The molecule has 0 aliphatic carbocycles. The molecule has 0 saturated heterocycles. The molecule has 13 heavy (non-hydrogen) atoms. The molecule has 0 rings (SSSR count). The van der Waals surface area contributed by atoms with E-state index in [1.54, 1.807) is 0 Å². The molecule has 0 saturated carbocycles. The maximum absolute atomic E-state index is 3.36. The molecule has 0 fully saturated rings. The van der Waals surface area contributed by atoms with Gasteiger partial charge in [-0.25, -0.2) is 0 Å². The van der Waals surface area contributed by atoms with Gasteiger partial charge in [-0.2, -0.15) is 0 Å². The van der Waals surface area contributed by atoms with Crippen molar-refractivity contribution in [2.75, 3.05) is 13.1 Å². The molecule has 0 radical (unpaired) electrons. The number of unbranched alkanes of at least 4 members (excludes halogenated alkanes) is 2. The van der Waals surface area contributed by atoms with Crippen LogP contribution in [-0.2, 0) is 0 Å². The highest BCUT2D eigenvalue weighted by atomic mass is 14.8. The fourth-order valence-corrected chi connectivity index (χ4v) is 1.73. The molecular formula is C12H27N. The van der Waals surface area contributed by atoms with E-state index in [9.17, 15) is 0 Å². The van der Waals surface area contributed by atoms with E-state index < -0.39 is 0 Å². The van der Waals surface area contributed by atoms with E-state index in [0.29, 0.717) is 0 Å². The maximum Gasteiger partial charge on any atom is -0.00490 e. The van der Waals surface area contributed by atoms with Crippen molar-refractivity contribution in [2.24, 2.45) is 5.92 Å². The first-order chi connectivity index (χ1) is 6.31. The third-order valence-electron chi connectivity index (χ3n) is 2.58. The number of hydrogen-bond donors (Lipinski definition) is 1. The van der Waals surface area contributed by atoms with Gasteiger partial charge in [0.05, 0.1) is 0 Å². The summed E-state index contributed by atoms with van der Waals surface area (Å²) in [7, 11) is 0. The Labute approximate surface area is 84.3 Å². The lowest BCUT2D eigenvalue weighted by molar-refractivity contribution is 0.453. The third-order valence-corrected chi connectivity index (χ3v) is 2.58. The Morgan fingerprint density at radius 1 is 1.00 bits per heavy atom.